The lowest BCUT2D eigenvalue weighted by Crippen LogP contribution is -2.58. The molecule has 0 bridgehead atoms. The van der Waals surface area contributed by atoms with Crippen LogP contribution in [-0.2, 0) is 35.8 Å². The fourth-order valence-corrected chi connectivity index (χ4v) is 5.58. The normalized spacial score (nSPS) is 19.2. The van der Waals surface area contributed by atoms with Crippen molar-refractivity contribution >= 4 is 28.0 Å². The first kappa shape index (κ1) is 31.7. The summed E-state index contributed by atoms with van der Waals surface area (Å²) in [6.45, 7) is 8.18. The first-order chi connectivity index (χ1) is 17.7. The van der Waals surface area contributed by atoms with Crippen molar-refractivity contribution in [3.8, 4) is 0 Å². The van der Waals surface area contributed by atoms with Crippen LogP contribution in [0.3, 0.4) is 0 Å². The number of aliphatic hydroxyl groups is 1. The van der Waals surface area contributed by atoms with Crippen LogP contribution < -0.4 is 15.8 Å². The van der Waals surface area contributed by atoms with Gasteiger partial charge in [0.2, 0.25) is 11.8 Å². The molecule has 2 amide bonds. The van der Waals surface area contributed by atoms with Crippen molar-refractivity contribution in [3.05, 3.63) is 35.9 Å². The van der Waals surface area contributed by atoms with Crippen molar-refractivity contribution in [1.82, 2.24) is 14.3 Å². The molecular formula is C26H42N4O7S. The summed E-state index contributed by atoms with van der Waals surface area (Å²) in [6.07, 6.45) is -0.205. The van der Waals surface area contributed by atoms with Gasteiger partial charge in [0.15, 0.2) is 0 Å². The van der Waals surface area contributed by atoms with Gasteiger partial charge in [0.1, 0.15) is 5.54 Å². The summed E-state index contributed by atoms with van der Waals surface area (Å²) in [5.74, 6) is -2.62. The maximum atomic E-state index is 13.4. The van der Waals surface area contributed by atoms with E-state index in [1.54, 1.807) is 6.92 Å². The van der Waals surface area contributed by atoms with Gasteiger partial charge in [-0.05, 0) is 51.5 Å². The Labute approximate surface area is 225 Å². The number of ether oxygens (including phenoxy) is 1. The molecule has 1 fully saturated rings. The number of nitrogens with zero attached hydrogens (tertiary/aromatic N) is 1. The monoisotopic (exact) mass is 554 g/mol. The molecule has 0 aromatic heterocycles. The molecule has 12 heteroatoms. The van der Waals surface area contributed by atoms with Crippen molar-refractivity contribution in [2.45, 2.75) is 71.6 Å². The summed E-state index contributed by atoms with van der Waals surface area (Å²) in [5, 5.41) is 14.1. The minimum Gasteiger partial charge on any atom is -0.465 e. The van der Waals surface area contributed by atoms with Gasteiger partial charge < -0.3 is 20.9 Å². The Morgan fingerprint density at radius 1 is 1.18 bits per heavy atom. The maximum Gasteiger partial charge on any atom is 0.326 e. The van der Waals surface area contributed by atoms with Crippen LogP contribution in [0.1, 0.15) is 53.0 Å². The minimum absolute atomic E-state index is 0.0847. The Bertz CT molecular complexity index is 1060. The van der Waals surface area contributed by atoms with Crippen molar-refractivity contribution in [2.24, 2.45) is 23.5 Å². The van der Waals surface area contributed by atoms with Gasteiger partial charge in [-0.3, -0.25) is 14.4 Å². The van der Waals surface area contributed by atoms with E-state index in [1.165, 1.54) is 13.8 Å². The van der Waals surface area contributed by atoms with Crippen LogP contribution >= 0.6 is 0 Å². The van der Waals surface area contributed by atoms with Gasteiger partial charge in [0.25, 0.3) is 10.2 Å². The molecule has 0 spiro atoms. The van der Waals surface area contributed by atoms with Crippen LogP contribution in [0.15, 0.2) is 30.3 Å². The summed E-state index contributed by atoms with van der Waals surface area (Å²) < 4.78 is 35.3. The van der Waals surface area contributed by atoms with E-state index in [4.69, 9.17) is 10.5 Å². The summed E-state index contributed by atoms with van der Waals surface area (Å²) in [4.78, 5) is 36.6. The predicted octanol–water partition coefficient (Wildman–Crippen LogP) is 0.720. The Hall–Kier alpha value is -2.54. The van der Waals surface area contributed by atoms with E-state index in [1.807, 2.05) is 44.2 Å². The quantitative estimate of drug-likeness (QED) is 0.218. The Morgan fingerprint density at radius 3 is 2.34 bits per heavy atom. The van der Waals surface area contributed by atoms with Crippen molar-refractivity contribution < 1.29 is 32.6 Å². The summed E-state index contributed by atoms with van der Waals surface area (Å²) >= 11 is 0. The molecule has 38 heavy (non-hydrogen) atoms. The zero-order valence-corrected chi connectivity index (χ0v) is 23.7. The number of rotatable bonds is 16. The van der Waals surface area contributed by atoms with Gasteiger partial charge in [-0.2, -0.15) is 17.4 Å². The zero-order chi connectivity index (χ0) is 28.7. The molecule has 5 N–H and O–H groups in total. The molecule has 0 aliphatic heterocycles. The highest BCUT2D eigenvalue weighted by atomic mass is 32.2. The number of amides is 2. The number of carbonyl (C=O) groups is 3. The van der Waals surface area contributed by atoms with Crippen molar-refractivity contribution in [1.29, 1.82) is 0 Å². The molecule has 1 aromatic carbocycles. The Morgan fingerprint density at radius 2 is 1.82 bits per heavy atom. The second-order valence-corrected chi connectivity index (χ2v) is 12.4. The number of nitrogens with two attached hydrogens (primary N) is 1. The highest BCUT2D eigenvalue weighted by Crippen LogP contribution is 2.38. The average molecular weight is 555 g/mol. The zero-order valence-electron chi connectivity index (χ0n) is 22.8. The topological polar surface area (TPSA) is 168 Å². The van der Waals surface area contributed by atoms with Gasteiger partial charge in [0, 0.05) is 13.1 Å². The molecule has 1 aliphatic rings. The third kappa shape index (κ3) is 9.33. The fraction of sp³-hybridized carbons (Fsp3) is 0.654. The molecule has 4 unspecified atom stereocenters. The second-order valence-electron chi connectivity index (χ2n) is 10.7. The number of hydrogen-bond acceptors (Lipinski definition) is 7. The second kappa shape index (κ2) is 13.5. The summed E-state index contributed by atoms with van der Waals surface area (Å²) in [6, 6.07) is 8.33. The molecule has 1 aliphatic carbocycles. The number of aliphatic hydroxyl groups excluding tert-OH is 1. The minimum atomic E-state index is -4.24. The van der Waals surface area contributed by atoms with Crippen LogP contribution in [0, 0.1) is 17.8 Å². The molecule has 214 valence electrons. The molecular weight excluding hydrogens is 512 g/mol. The third-order valence-electron chi connectivity index (χ3n) is 6.44. The van der Waals surface area contributed by atoms with Crippen LogP contribution in [0.25, 0.3) is 0 Å². The van der Waals surface area contributed by atoms with E-state index in [0.717, 1.165) is 9.87 Å². The molecule has 0 saturated heterocycles. The van der Waals surface area contributed by atoms with E-state index in [2.05, 4.69) is 10.0 Å². The molecule has 1 saturated carbocycles. The lowest BCUT2D eigenvalue weighted by atomic mass is 10.0. The maximum absolute atomic E-state index is 13.4. The van der Waals surface area contributed by atoms with E-state index in [-0.39, 0.29) is 32.0 Å². The lowest BCUT2D eigenvalue weighted by molar-refractivity contribution is -0.149. The molecule has 2 rings (SSSR count). The van der Waals surface area contributed by atoms with Crippen LogP contribution in [0.5, 0.6) is 0 Å². The summed E-state index contributed by atoms with van der Waals surface area (Å²) in [5.41, 5.74) is 4.61. The van der Waals surface area contributed by atoms with E-state index >= 15 is 0 Å². The molecule has 0 heterocycles. The molecule has 1 aromatic rings. The smallest absolute Gasteiger partial charge is 0.326 e. The van der Waals surface area contributed by atoms with Gasteiger partial charge in [-0.25, -0.2) is 0 Å². The molecule has 4 atom stereocenters. The number of esters is 1. The van der Waals surface area contributed by atoms with Gasteiger partial charge in [0.05, 0.1) is 30.6 Å². The largest absolute Gasteiger partial charge is 0.465 e. The van der Waals surface area contributed by atoms with Crippen molar-refractivity contribution in [3.63, 3.8) is 0 Å². The molecule has 0 radical (unpaired) electrons. The third-order valence-corrected chi connectivity index (χ3v) is 8.22. The SMILES string of the molecule is CCOC(=O)C(C)(C)NS(=O)(=O)N(CCC(C)C)CC(O)C(Cc1ccccc1)NC(=O)C1CC1C(N)=O. The van der Waals surface area contributed by atoms with E-state index < -0.39 is 57.5 Å². The average Bonchev–Trinajstić information content (AvgIpc) is 3.62. The van der Waals surface area contributed by atoms with Crippen molar-refractivity contribution in [2.75, 3.05) is 19.7 Å². The number of nitrogens with one attached hydrogen (secondary N) is 2. The number of hydrogen-bond donors (Lipinski definition) is 4. The number of primary amides is 1. The lowest BCUT2D eigenvalue weighted by Gasteiger charge is -2.32. The highest BCUT2D eigenvalue weighted by molar-refractivity contribution is 7.87. The van der Waals surface area contributed by atoms with Gasteiger partial charge in [-0.1, -0.05) is 44.2 Å². The van der Waals surface area contributed by atoms with Crippen LogP contribution in [0.2, 0.25) is 0 Å². The van der Waals surface area contributed by atoms with Gasteiger partial charge >= 0.3 is 5.97 Å². The van der Waals surface area contributed by atoms with Crippen LogP contribution in [0.4, 0.5) is 0 Å². The number of carbonyl (C=O) groups excluding carboxylic acids is 3. The first-order valence-corrected chi connectivity index (χ1v) is 14.4. The van der Waals surface area contributed by atoms with Crippen LogP contribution in [-0.4, -0.2) is 73.0 Å². The number of benzene rings is 1. The van der Waals surface area contributed by atoms with E-state index in [0.29, 0.717) is 12.8 Å². The highest BCUT2D eigenvalue weighted by Gasteiger charge is 2.48. The molecule has 11 nitrogen and oxygen atoms in total. The standard InChI is InChI=1S/C26H42N4O7S/c1-6-37-25(34)26(4,5)29-38(35,36)30(13-12-17(2)3)16-22(31)21(14-18-10-8-7-9-11-18)28-24(33)20-15-19(20)23(27)32/h7-11,17,19-22,29,31H,6,12-16H2,1-5H3,(H2,27,32)(H,28,33). The van der Waals surface area contributed by atoms with Gasteiger partial charge in [-0.15, -0.1) is 0 Å². The predicted molar refractivity (Wildman–Crippen MR) is 143 cm³/mol. The Balaban J connectivity index is 2.26. The first-order valence-electron chi connectivity index (χ1n) is 13.0. The van der Waals surface area contributed by atoms with E-state index in [9.17, 15) is 27.9 Å². The fourth-order valence-electron chi connectivity index (χ4n) is 4.03. The Kier molecular flexibility index (Phi) is 11.3. The summed E-state index contributed by atoms with van der Waals surface area (Å²) in [7, 11) is -4.24.